The van der Waals surface area contributed by atoms with E-state index in [4.69, 9.17) is 5.73 Å². The molecule has 10 nitrogen and oxygen atoms in total. The van der Waals surface area contributed by atoms with Crippen molar-refractivity contribution in [2.75, 3.05) is 14.1 Å². The van der Waals surface area contributed by atoms with Crippen LogP contribution in [0.4, 0.5) is 0 Å². The smallest absolute Gasteiger partial charge is 0.255 e. The lowest BCUT2D eigenvalue weighted by Gasteiger charge is -2.58. The summed E-state index contributed by atoms with van der Waals surface area (Å²) in [5.74, 6) is -8.75. The highest BCUT2D eigenvalue weighted by molar-refractivity contribution is 6.22. The number of ketones is 2. The lowest BCUT2D eigenvalue weighted by molar-refractivity contribution is -0.221. The number of aliphatic hydroxyl groups is 4. The van der Waals surface area contributed by atoms with Crippen molar-refractivity contribution >= 4 is 17.5 Å². The first-order valence-electron chi connectivity index (χ1n) is 10.3. The van der Waals surface area contributed by atoms with Crippen LogP contribution in [0, 0.1) is 17.8 Å². The number of likely N-dealkylation sites (N-methyl/N-ethyl adjacent to an activating group) is 1. The molecule has 0 saturated heterocycles. The fourth-order valence-electron chi connectivity index (χ4n) is 6.05. The van der Waals surface area contributed by atoms with Crippen LogP contribution < -0.4 is 5.73 Å². The van der Waals surface area contributed by atoms with Crippen LogP contribution in [0.2, 0.25) is 0 Å². The van der Waals surface area contributed by atoms with Gasteiger partial charge in [0, 0.05) is 11.8 Å². The lowest BCUT2D eigenvalue weighted by Crippen LogP contribution is -2.74. The zero-order chi connectivity index (χ0) is 23.9. The minimum Gasteiger partial charge on any atom is -0.508 e. The second kappa shape index (κ2) is 7.11. The van der Waals surface area contributed by atoms with E-state index in [-0.39, 0.29) is 11.3 Å². The van der Waals surface area contributed by atoms with Crippen LogP contribution in [0.25, 0.3) is 0 Å². The summed E-state index contributed by atoms with van der Waals surface area (Å²) in [5.41, 5.74) is 2.13. The molecule has 1 fully saturated rings. The number of hydrogen-bond acceptors (Lipinski definition) is 9. The number of nitrogens with zero attached hydrogens (tertiary/aromatic N) is 1. The zero-order valence-corrected chi connectivity index (χ0v) is 17.8. The number of carbonyl (C=O) groups is 3. The Morgan fingerprint density at radius 2 is 1.75 bits per heavy atom. The lowest BCUT2D eigenvalue weighted by atomic mass is 9.50. The molecular formula is C22H26N2O8. The quantitative estimate of drug-likeness (QED) is 0.305. The summed E-state index contributed by atoms with van der Waals surface area (Å²) in [6.07, 6.45) is -3.52. The molecule has 3 aliphatic carbocycles. The summed E-state index contributed by atoms with van der Waals surface area (Å²) in [6.45, 7) is 1.71. The number of hydrogen-bond donors (Lipinski definition) is 6. The van der Waals surface area contributed by atoms with E-state index in [2.05, 4.69) is 0 Å². The number of rotatable bonds is 2. The van der Waals surface area contributed by atoms with Crippen LogP contribution >= 0.6 is 0 Å². The molecule has 0 radical (unpaired) electrons. The Morgan fingerprint density at radius 1 is 1.12 bits per heavy atom. The number of aromatic hydroxyl groups is 1. The van der Waals surface area contributed by atoms with E-state index >= 15 is 0 Å². The average Bonchev–Trinajstić information content (AvgIpc) is 2.70. The van der Waals surface area contributed by atoms with E-state index in [1.165, 1.54) is 25.1 Å². The van der Waals surface area contributed by atoms with Gasteiger partial charge in [-0.3, -0.25) is 19.3 Å². The van der Waals surface area contributed by atoms with E-state index in [9.17, 15) is 39.9 Å². The molecule has 32 heavy (non-hydrogen) atoms. The van der Waals surface area contributed by atoms with Crippen molar-refractivity contribution in [2.24, 2.45) is 23.5 Å². The predicted octanol–water partition coefficient (Wildman–Crippen LogP) is -1.18. The van der Waals surface area contributed by atoms with Crippen LogP contribution in [0.5, 0.6) is 5.75 Å². The number of phenolic OH excluding ortho intramolecular Hbond substituents is 1. The second-order valence-corrected chi connectivity index (χ2v) is 9.14. The molecule has 0 heterocycles. The van der Waals surface area contributed by atoms with Crippen LogP contribution in [0.3, 0.4) is 0 Å². The fraction of sp³-hybridized carbons (Fsp3) is 0.500. The van der Waals surface area contributed by atoms with Crippen molar-refractivity contribution in [2.45, 2.75) is 36.7 Å². The first kappa shape index (κ1) is 22.4. The summed E-state index contributed by atoms with van der Waals surface area (Å²) in [6, 6.07) is 3.19. The number of Topliss-reactive ketones (excluding diaryl/α,β-unsaturated/α-hetero) is 2. The number of aliphatic hydroxyl groups excluding tert-OH is 3. The molecule has 4 rings (SSSR count). The molecule has 10 heteroatoms. The molecule has 8 atom stereocenters. The molecule has 1 saturated carbocycles. The van der Waals surface area contributed by atoms with Gasteiger partial charge >= 0.3 is 0 Å². The monoisotopic (exact) mass is 446 g/mol. The molecule has 1 amide bonds. The number of benzene rings is 1. The highest BCUT2D eigenvalue weighted by Gasteiger charge is 2.70. The largest absolute Gasteiger partial charge is 0.508 e. The van der Waals surface area contributed by atoms with Gasteiger partial charge in [-0.05, 0) is 31.6 Å². The highest BCUT2D eigenvalue weighted by atomic mass is 16.4. The Morgan fingerprint density at radius 3 is 2.31 bits per heavy atom. The third-order valence-electron chi connectivity index (χ3n) is 7.44. The molecule has 0 bridgehead atoms. The number of fused-ring (bicyclic) bond motifs is 3. The van der Waals surface area contributed by atoms with Gasteiger partial charge in [0.05, 0.1) is 23.6 Å². The maximum absolute atomic E-state index is 13.4. The summed E-state index contributed by atoms with van der Waals surface area (Å²) in [5, 5.41) is 55.4. The highest BCUT2D eigenvalue weighted by Crippen LogP contribution is 2.56. The molecule has 172 valence electrons. The number of primary amides is 1. The molecule has 1 aromatic carbocycles. The van der Waals surface area contributed by atoms with E-state index in [1.54, 1.807) is 19.1 Å². The summed E-state index contributed by atoms with van der Waals surface area (Å²) in [7, 11) is 2.97. The van der Waals surface area contributed by atoms with Gasteiger partial charge in [0.25, 0.3) is 5.91 Å². The molecule has 1 aromatic rings. The third-order valence-corrected chi connectivity index (χ3v) is 7.44. The summed E-state index contributed by atoms with van der Waals surface area (Å²) >= 11 is 0. The maximum atomic E-state index is 13.4. The van der Waals surface area contributed by atoms with Gasteiger partial charge < -0.3 is 31.3 Å². The van der Waals surface area contributed by atoms with E-state index in [0.29, 0.717) is 5.56 Å². The molecule has 7 unspecified atom stereocenters. The topological polar surface area (TPSA) is 182 Å². The van der Waals surface area contributed by atoms with Crippen molar-refractivity contribution in [3.63, 3.8) is 0 Å². The van der Waals surface area contributed by atoms with Crippen LogP contribution in [0.1, 0.15) is 28.8 Å². The molecule has 3 aliphatic rings. The second-order valence-electron chi connectivity index (χ2n) is 9.14. The van der Waals surface area contributed by atoms with Gasteiger partial charge in [0.1, 0.15) is 23.2 Å². The van der Waals surface area contributed by atoms with Gasteiger partial charge in [-0.1, -0.05) is 19.1 Å². The fourth-order valence-corrected chi connectivity index (χ4v) is 6.05. The Kier molecular flexibility index (Phi) is 4.98. The standard InChI is InChI=1S/C22H26N2O8/c1-7-8-5-4-6-9(25)11(8)16(26)12-10(7)17(27)14-15(24(2)3)18(28)13(21(23)31)20(30)22(14,32)19(12)29/h4-7,10,12,14-15,17,19,25,27,29-30,32H,1-3H3,(H2,23,31)/t7?,10?,12?,14?,15?,17?,19?,22-/m0/s1. The number of amides is 1. The van der Waals surface area contributed by atoms with Crippen molar-refractivity contribution in [1.82, 2.24) is 4.90 Å². The SMILES string of the molecule is CC1c2cccc(O)c2C(=O)C2C1C(O)C1C(N(C)C)C(=O)C(C(N)=O)=C(O)[C@@]1(O)C2O. The number of carbonyl (C=O) groups excluding carboxylic acids is 3. The first-order chi connectivity index (χ1) is 14.9. The minimum atomic E-state index is -2.70. The third kappa shape index (κ3) is 2.57. The van der Waals surface area contributed by atoms with E-state index < -0.39 is 76.3 Å². The number of phenols is 1. The Bertz CT molecular complexity index is 1070. The van der Waals surface area contributed by atoms with E-state index in [1.807, 2.05) is 0 Å². The zero-order valence-electron chi connectivity index (χ0n) is 17.8. The van der Waals surface area contributed by atoms with E-state index in [0.717, 1.165) is 0 Å². The van der Waals surface area contributed by atoms with Crippen molar-refractivity contribution in [3.8, 4) is 5.75 Å². The number of nitrogens with two attached hydrogens (primary N) is 1. The molecule has 0 spiro atoms. The van der Waals surface area contributed by atoms with Gasteiger partial charge in [0.2, 0.25) is 0 Å². The van der Waals surface area contributed by atoms with Crippen molar-refractivity contribution in [3.05, 3.63) is 40.7 Å². The van der Waals surface area contributed by atoms with Crippen LogP contribution in [0.15, 0.2) is 29.5 Å². The summed E-state index contributed by atoms with van der Waals surface area (Å²) in [4.78, 5) is 39.8. The van der Waals surface area contributed by atoms with Gasteiger partial charge in [-0.2, -0.15) is 0 Å². The molecule has 7 N–H and O–H groups in total. The van der Waals surface area contributed by atoms with Gasteiger partial charge in [0.15, 0.2) is 17.2 Å². The van der Waals surface area contributed by atoms with Gasteiger partial charge in [-0.25, -0.2) is 0 Å². The van der Waals surface area contributed by atoms with Crippen LogP contribution in [-0.2, 0) is 9.59 Å². The Labute approximate surface area is 183 Å². The average molecular weight is 446 g/mol. The van der Waals surface area contributed by atoms with Crippen LogP contribution in [-0.4, -0.2) is 85.9 Å². The minimum absolute atomic E-state index is 0.0378. The maximum Gasteiger partial charge on any atom is 0.255 e. The van der Waals surface area contributed by atoms with Gasteiger partial charge in [-0.15, -0.1) is 0 Å². The first-order valence-corrected chi connectivity index (χ1v) is 10.3. The molecular weight excluding hydrogens is 420 g/mol. The summed E-state index contributed by atoms with van der Waals surface area (Å²) < 4.78 is 0. The van der Waals surface area contributed by atoms with Crippen molar-refractivity contribution in [1.29, 1.82) is 0 Å². The Hall–Kier alpha value is -2.79. The van der Waals surface area contributed by atoms with Crippen molar-refractivity contribution < 1.29 is 39.9 Å². The molecule has 0 aliphatic heterocycles. The molecule has 0 aromatic heterocycles. The predicted molar refractivity (Wildman–Crippen MR) is 110 cm³/mol. The Balaban J connectivity index is 1.99. The normalized spacial score (nSPS) is 38.9.